The van der Waals surface area contributed by atoms with Gasteiger partial charge in [0.25, 0.3) is 0 Å². The van der Waals surface area contributed by atoms with E-state index in [0.717, 1.165) is 11.5 Å². The molecule has 0 amide bonds. The molecule has 2 aromatic rings. The van der Waals surface area contributed by atoms with Crippen LogP contribution < -0.4 is 5.32 Å². The number of nitrogens with zero attached hydrogens (tertiary/aromatic N) is 1. The summed E-state index contributed by atoms with van der Waals surface area (Å²) in [6, 6.07) is 6.20. The molecule has 0 aliphatic rings. The number of phenolic OH excluding ortho intramolecular Hbond substituents is 2. The van der Waals surface area contributed by atoms with Crippen molar-refractivity contribution in [3.05, 3.63) is 41.3 Å². The summed E-state index contributed by atoms with van der Waals surface area (Å²) >= 11 is 0. The lowest BCUT2D eigenvalue weighted by Crippen LogP contribution is -2.17. The van der Waals surface area contributed by atoms with Gasteiger partial charge in [0.15, 0.2) is 5.76 Å². The van der Waals surface area contributed by atoms with Crippen LogP contribution in [0.1, 0.15) is 30.0 Å². The van der Waals surface area contributed by atoms with Crippen LogP contribution in [-0.4, -0.2) is 15.4 Å². The molecule has 0 aliphatic carbocycles. The summed E-state index contributed by atoms with van der Waals surface area (Å²) in [5.74, 6) is 1.02. The predicted molar refractivity (Wildman–Crippen MR) is 66.3 cm³/mol. The van der Waals surface area contributed by atoms with Gasteiger partial charge in [0.1, 0.15) is 11.5 Å². The molecule has 5 nitrogen and oxygen atoms in total. The molecule has 18 heavy (non-hydrogen) atoms. The van der Waals surface area contributed by atoms with Crippen LogP contribution in [0.5, 0.6) is 11.5 Å². The number of aryl methyl sites for hydroxylation is 1. The fourth-order valence-electron chi connectivity index (χ4n) is 1.75. The van der Waals surface area contributed by atoms with Crippen LogP contribution in [0, 0.1) is 6.92 Å². The molecule has 1 heterocycles. The molecule has 5 heteroatoms. The van der Waals surface area contributed by atoms with Crippen molar-refractivity contribution in [2.24, 2.45) is 0 Å². The Morgan fingerprint density at radius 1 is 1.33 bits per heavy atom. The highest BCUT2D eigenvalue weighted by atomic mass is 16.5. The third-order valence-corrected chi connectivity index (χ3v) is 2.74. The molecule has 1 unspecified atom stereocenters. The van der Waals surface area contributed by atoms with E-state index in [0.29, 0.717) is 12.1 Å². The Morgan fingerprint density at radius 2 is 2.11 bits per heavy atom. The van der Waals surface area contributed by atoms with E-state index in [1.807, 2.05) is 19.9 Å². The van der Waals surface area contributed by atoms with Crippen LogP contribution in [0.3, 0.4) is 0 Å². The second-order valence-corrected chi connectivity index (χ2v) is 4.28. The topological polar surface area (TPSA) is 78.5 Å². The van der Waals surface area contributed by atoms with Crippen molar-refractivity contribution in [2.45, 2.75) is 26.4 Å². The minimum absolute atomic E-state index is 0.109. The standard InChI is InChI=1S/C13H16N2O3/c1-8-5-11(18-15-8)7-14-9(2)12-6-10(16)3-4-13(12)17/h3-6,9,14,16-17H,7H2,1-2H3. The third-order valence-electron chi connectivity index (χ3n) is 2.74. The molecular weight excluding hydrogens is 232 g/mol. The van der Waals surface area contributed by atoms with Crippen molar-refractivity contribution in [3.63, 3.8) is 0 Å². The molecule has 0 spiro atoms. The summed E-state index contributed by atoms with van der Waals surface area (Å²) in [4.78, 5) is 0. The van der Waals surface area contributed by atoms with Crippen molar-refractivity contribution >= 4 is 0 Å². The number of hydrogen-bond acceptors (Lipinski definition) is 5. The molecule has 0 fully saturated rings. The first-order chi connectivity index (χ1) is 8.56. The fraction of sp³-hybridized carbons (Fsp3) is 0.308. The van der Waals surface area contributed by atoms with E-state index in [9.17, 15) is 10.2 Å². The van der Waals surface area contributed by atoms with Crippen LogP contribution in [0.25, 0.3) is 0 Å². The first-order valence-electron chi connectivity index (χ1n) is 5.73. The fourth-order valence-corrected chi connectivity index (χ4v) is 1.75. The molecular formula is C13H16N2O3. The smallest absolute Gasteiger partial charge is 0.150 e. The first-order valence-corrected chi connectivity index (χ1v) is 5.73. The zero-order valence-corrected chi connectivity index (χ0v) is 10.3. The average Bonchev–Trinajstić information content (AvgIpc) is 2.75. The van der Waals surface area contributed by atoms with E-state index in [4.69, 9.17) is 4.52 Å². The zero-order chi connectivity index (χ0) is 13.1. The highest BCUT2D eigenvalue weighted by Crippen LogP contribution is 2.27. The molecule has 1 aromatic heterocycles. The van der Waals surface area contributed by atoms with E-state index in [1.54, 1.807) is 6.07 Å². The van der Waals surface area contributed by atoms with Crippen molar-refractivity contribution < 1.29 is 14.7 Å². The van der Waals surface area contributed by atoms with Crippen molar-refractivity contribution in [2.75, 3.05) is 0 Å². The predicted octanol–water partition coefficient (Wildman–Crippen LogP) is 2.25. The summed E-state index contributed by atoms with van der Waals surface area (Å²) in [5, 5.41) is 26.1. The van der Waals surface area contributed by atoms with Crippen molar-refractivity contribution in [3.8, 4) is 11.5 Å². The van der Waals surface area contributed by atoms with Gasteiger partial charge >= 0.3 is 0 Å². The number of aromatic hydroxyl groups is 2. The Kier molecular flexibility index (Phi) is 3.53. The Bertz CT molecular complexity index is 537. The summed E-state index contributed by atoms with van der Waals surface area (Å²) in [6.45, 7) is 4.27. The minimum atomic E-state index is -0.109. The number of aromatic nitrogens is 1. The van der Waals surface area contributed by atoms with Gasteiger partial charge in [-0.2, -0.15) is 0 Å². The molecule has 0 saturated heterocycles. The molecule has 3 N–H and O–H groups in total. The Balaban J connectivity index is 2.03. The zero-order valence-electron chi connectivity index (χ0n) is 10.3. The molecule has 1 aromatic carbocycles. The van der Waals surface area contributed by atoms with Crippen LogP contribution in [0.2, 0.25) is 0 Å². The first kappa shape index (κ1) is 12.4. The van der Waals surface area contributed by atoms with Gasteiger partial charge in [0.05, 0.1) is 12.2 Å². The summed E-state index contributed by atoms with van der Waals surface area (Å²) in [5.41, 5.74) is 1.48. The van der Waals surface area contributed by atoms with Gasteiger partial charge in [-0.3, -0.25) is 0 Å². The number of benzene rings is 1. The van der Waals surface area contributed by atoms with E-state index >= 15 is 0 Å². The molecule has 2 rings (SSSR count). The largest absolute Gasteiger partial charge is 0.508 e. The number of hydrogen-bond donors (Lipinski definition) is 3. The van der Waals surface area contributed by atoms with E-state index in [1.165, 1.54) is 12.1 Å². The summed E-state index contributed by atoms with van der Waals surface area (Å²) in [7, 11) is 0. The lowest BCUT2D eigenvalue weighted by molar-refractivity contribution is 0.361. The molecule has 0 bridgehead atoms. The van der Waals surface area contributed by atoms with Crippen LogP contribution >= 0.6 is 0 Å². The van der Waals surface area contributed by atoms with Gasteiger partial charge in [0, 0.05) is 17.7 Å². The second-order valence-electron chi connectivity index (χ2n) is 4.28. The molecule has 96 valence electrons. The van der Waals surface area contributed by atoms with Gasteiger partial charge < -0.3 is 20.1 Å². The monoisotopic (exact) mass is 248 g/mol. The Morgan fingerprint density at radius 3 is 2.78 bits per heavy atom. The second kappa shape index (κ2) is 5.10. The maximum absolute atomic E-state index is 9.72. The van der Waals surface area contributed by atoms with Gasteiger partial charge in [-0.25, -0.2) is 0 Å². The lowest BCUT2D eigenvalue weighted by Gasteiger charge is -2.14. The molecule has 0 aliphatic heterocycles. The highest BCUT2D eigenvalue weighted by Gasteiger charge is 2.11. The average molecular weight is 248 g/mol. The summed E-state index contributed by atoms with van der Waals surface area (Å²) in [6.07, 6.45) is 0. The quantitative estimate of drug-likeness (QED) is 0.723. The molecule has 1 atom stereocenters. The van der Waals surface area contributed by atoms with Crippen LogP contribution in [0.15, 0.2) is 28.8 Å². The van der Waals surface area contributed by atoms with Crippen molar-refractivity contribution in [1.82, 2.24) is 10.5 Å². The molecule has 0 saturated carbocycles. The maximum Gasteiger partial charge on any atom is 0.150 e. The number of nitrogens with one attached hydrogen (secondary N) is 1. The SMILES string of the molecule is Cc1cc(CNC(C)c2cc(O)ccc2O)on1. The summed E-state index contributed by atoms with van der Waals surface area (Å²) < 4.78 is 5.08. The number of phenols is 2. The van der Waals surface area contributed by atoms with E-state index in [-0.39, 0.29) is 17.5 Å². The lowest BCUT2D eigenvalue weighted by atomic mass is 10.1. The Hall–Kier alpha value is -2.01. The Labute approximate surface area is 105 Å². The van der Waals surface area contributed by atoms with Crippen molar-refractivity contribution in [1.29, 1.82) is 0 Å². The van der Waals surface area contributed by atoms with Gasteiger partial charge in [0.2, 0.25) is 0 Å². The normalized spacial score (nSPS) is 12.6. The number of rotatable bonds is 4. The maximum atomic E-state index is 9.72. The van der Waals surface area contributed by atoms with E-state index in [2.05, 4.69) is 10.5 Å². The van der Waals surface area contributed by atoms with Gasteiger partial charge in [-0.05, 0) is 32.0 Å². The van der Waals surface area contributed by atoms with Crippen LogP contribution in [-0.2, 0) is 6.54 Å². The van der Waals surface area contributed by atoms with E-state index < -0.39 is 0 Å². The minimum Gasteiger partial charge on any atom is -0.508 e. The van der Waals surface area contributed by atoms with Gasteiger partial charge in [-0.15, -0.1) is 0 Å². The van der Waals surface area contributed by atoms with Crippen LogP contribution in [0.4, 0.5) is 0 Å². The third kappa shape index (κ3) is 2.81. The highest BCUT2D eigenvalue weighted by molar-refractivity contribution is 5.40. The van der Waals surface area contributed by atoms with Gasteiger partial charge in [-0.1, -0.05) is 5.16 Å². The molecule has 0 radical (unpaired) electrons.